The molecule has 0 N–H and O–H groups in total. The van der Waals surface area contributed by atoms with Crippen molar-refractivity contribution >= 4 is 55.5 Å². The second-order valence-electron chi connectivity index (χ2n) is 19.5. The van der Waals surface area contributed by atoms with Crippen LogP contribution in [0.4, 0.5) is 0 Å². The van der Waals surface area contributed by atoms with Crippen molar-refractivity contribution in [3.8, 4) is 73.2 Å². The van der Waals surface area contributed by atoms with Gasteiger partial charge < -0.3 is 0 Å². The van der Waals surface area contributed by atoms with E-state index < -0.39 is 0 Å². The summed E-state index contributed by atoms with van der Waals surface area (Å²) in [5.74, 6) is 1.69. The molecule has 4 heteroatoms. The summed E-state index contributed by atoms with van der Waals surface area (Å²) in [5, 5.41) is 6.84. The monoisotopic (exact) mass is 938 g/mol. The number of rotatable bonds is 8. The number of hydrogen-bond acceptors (Lipinski definition) is 3. The van der Waals surface area contributed by atoms with Crippen LogP contribution >= 0.6 is 0 Å². The molecule has 0 fully saturated rings. The first kappa shape index (κ1) is 45.2. The van der Waals surface area contributed by atoms with Gasteiger partial charge in [-0.25, -0.2) is 4.98 Å². The summed E-state index contributed by atoms with van der Waals surface area (Å²) in [4.78, 5) is 16.3. The molecule has 1 aliphatic rings. The topological polar surface area (TPSA) is 43.6 Å². The SMILES string of the molecule is C=Cc1c(C=C)c2c3cccc(-c4ccc5c(c4)C(C)(C)c4ccc6ccccc6c4-5)c3n(-c3nc(-c4ccc(-c5ccccc5)cc4)nc(-c4ccc(-c5ccccc5)cc4)n3)c2c2ccccc12.CCC. The van der Waals surface area contributed by atoms with Crippen LogP contribution in [0.5, 0.6) is 0 Å². The quantitative estimate of drug-likeness (QED) is 0.152. The molecule has 73 heavy (non-hydrogen) atoms. The van der Waals surface area contributed by atoms with E-state index in [1.807, 2.05) is 24.3 Å². The fourth-order valence-electron chi connectivity index (χ4n) is 11.2. The Morgan fingerprint density at radius 3 is 1.53 bits per heavy atom. The molecule has 0 unspecified atom stereocenters. The van der Waals surface area contributed by atoms with Crippen LogP contribution in [-0.4, -0.2) is 19.5 Å². The minimum absolute atomic E-state index is 0.222. The minimum Gasteiger partial charge on any atom is -0.277 e. The molecule has 1 aliphatic carbocycles. The van der Waals surface area contributed by atoms with Gasteiger partial charge in [0.1, 0.15) is 0 Å². The molecule has 0 saturated heterocycles. The Morgan fingerprint density at radius 1 is 0.425 bits per heavy atom. The highest BCUT2D eigenvalue weighted by atomic mass is 15.2. The smallest absolute Gasteiger partial charge is 0.238 e. The van der Waals surface area contributed by atoms with Crippen molar-refractivity contribution in [2.75, 3.05) is 0 Å². The van der Waals surface area contributed by atoms with Crippen molar-refractivity contribution in [1.29, 1.82) is 0 Å². The summed E-state index contributed by atoms with van der Waals surface area (Å²) in [6.07, 6.45) is 5.20. The summed E-state index contributed by atoms with van der Waals surface area (Å²) < 4.78 is 2.30. The van der Waals surface area contributed by atoms with Crippen molar-refractivity contribution in [2.45, 2.75) is 39.5 Å². The van der Waals surface area contributed by atoms with E-state index in [1.54, 1.807) is 0 Å². The zero-order chi connectivity index (χ0) is 49.8. The molecular weight excluding hydrogens is 885 g/mol. The Kier molecular flexibility index (Phi) is 11.3. The lowest BCUT2D eigenvalue weighted by molar-refractivity contribution is 0.661. The van der Waals surface area contributed by atoms with Gasteiger partial charge in [-0.05, 0) is 83.4 Å². The van der Waals surface area contributed by atoms with Gasteiger partial charge in [-0.1, -0.05) is 260 Å². The van der Waals surface area contributed by atoms with Crippen molar-refractivity contribution in [1.82, 2.24) is 19.5 Å². The molecule has 0 bridgehead atoms. The van der Waals surface area contributed by atoms with E-state index in [0.29, 0.717) is 17.6 Å². The summed E-state index contributed by atoms with van der Waals surface area (Å²) >= 11 is 0. The number of benzene rings is 10. The number of aromatic nitrogens is 4. The third-order valence-corrected chi connectivity index (χ3v) is 14.6. The van der Waals surface area contributed by atoms with Crippen LogP contribution in [0.15, 0.2) is 219 Å². The van der Waals surface area contributed by atoms with Gasteiger partial charge in [-0.15, -0.1) is 0 Å². The third-order valence-electron chi connectivity index (χ3n) is 14.6. The van der Waals surface area contributed by atoms with Crippen molar-refractivity contribution in [3.63, 3.8) is 0 Å². The average Bonchev–Trinajstić information content (AvgIpc) is 3.93. The fraction of sp³-hybridized carbons (Fsp3) is 0.0870. The zero-order valence-corrected chi connectivity index (χ0v) is 41.7. The first-order valence-corrected chi connectivity index (χ1v) is 25.3. The van der Waals surface area contributed by atoms with Crippen molar-refractivity contribution in [2.24, 2.45) is 0 Å². The molecule has 0 aliphatic heterocycles. The predicted octanol–water partition coefficient (Wildman–Crippen LogP) is 18.6. The van der Waals surface area contributed by atoms with Gasteiger partial charge in [0.2, 0.25) is 5.95 Å². The summed E-state index contributed by atoms with van der Waals surface area (Å²) in [6, 6.07) is 73.7. The van der Waals surface area contributed by atoms with Gasteiger partial charge >= 0.3 is 0 Å². The maximum atomic E-state index is 5.51. The van der Waals surface area contributed by atoms with Crippen LogP contribution < -0.4 is 0 Å². The van der Waals surface area contributed by atoms with E-state index in [-0.39, 0.29) is 5.41 Å². The van der Waals surface area contributed by atoms with E-state index >= 15 is 0 Å². The second-order valence-corrected chi connectivity index (χ2v) is 19.5. The lowest BCUT2D eigenvalue weighted by Crippen LogP contribution is -2.15. The first-order valence-electron chi connectivity index (χ1n) is 25.3. The normalized spacial score (nSPS) is 12.4. The molecule has 2 aromatic heterocycles. The summed E-state index contributed by atoms with van der Waals surface area (Å²) in [5.41, 5.74) is 17.7. The molecule has 12 aromatic rings. The average molecular weight is 939 g/mol. The predicted molar refractivity (Wildman–Crippen MR) is 310 cm³/mol. The molecule has 4 nitrogen and oxygen atoms in total. The maximum absolute atomic E-state index is 5.51. The van der Waals surface area contributed by atoms with Gasteiger partial charge in [0.15, 0.2) is 11.6 Å². The van der Waals surface area contributed by atoms with E-state index in [0.717, 1.165) is 88.2 Å². The Bertz CT molecular complexity index is 4010. The highest BCUT2D eigenvalue weighted by Gasteiger charge is 2.37. The van der Waals surface area contributed by atoms with Crippen molar-refractivity contribution < 1.29 is 0 Å². The lowest BCUT2D eigenvalue weighted by atomic mass is 9.81. The lowest BCUT2D eigenvalue weighted by Gasteiger charge is -2.22. The second kappa shape index (κ2) is 18.3. The molecule has 350 valence electrons. The van der Waals surface area contributed by atoms with Gasteiger partial charge in [0.05, 0.1) is 11.0 Å². The van der Waals surface area contributed by atoms with Gasteiger partial charge in [0, 0.05) is 38.3 Å². The standard InChI is InChI=1S/C66H46N4.C3H8/c1-5-49-50(6-2)60-56-27-17-26-52(48-36-38-55-58(40-48)66(3,4)57-39-37-45-22-13-14-23-51(45)59(55)57)61(56)70(62(60)54-25-16-15-24-53(49)54)65-68-63(46-32-28-43(29-33-46)41-18-9-7-10-19-41)67-64(69-65)47-34-30-44(31-35-47)42-20-11-8-12-21-42;1-3-2/h5-40H,1-2H2,3-4H3;3H2,1-2H3. The molecular formula is C69H54N4. The van der Waals surface area contributed by atoms with Gasteiger partial charge in [-0.2, -0.15) is 9.97 Å². The fourth-order valence-corrected chi connectivity index (χ4v) is 11.2. The highest BCUT2D eigenvalue weighted by molar-refractivity contribution is 6.25. The van der Waals surface area contributed by atoms with E-state index in [4.69, 9.17) is 15.0 Å². The third kappa shape index (κ3) is 7.49. The van der Waals surface area contributed by atoms with Crippen LogP contribution in [-0.2, 0) is 5.41 Å². The Balaban J connectivity index is 0.00000177. The molecule has 13 rings (SSSR count). The summed E-state index contributed by atoms with van der Waals surface area (Å²) in [6.45, 7) is 17.7. The maximum Gasteiger partial charge on any atom is 0.238 e. The summed E-state index contributed by atoms with van der Waals surface area (Å²) in [7, 11) is 0. The number of para-hydroxylation sites is 1. The Hall–Kier alpha value is -8.99. The number of hydrogen-bond donors (Lipinski definition) is 0. The minimum atomic E-state index is -0.222. The van der Waals surface area contributed by atoms with Crippen LogP contribution in [0.25, 0.3) is 129 Å². The Morgan fingerprint density at radius 2 is 0.932 bits per heavy atom. The first-order chi connectivity index (χ1) is 35.8. The molecule has 0 spiro atoms. The molecule has 0 radical (unpaired) electrons. The van der Waals surface area contributed by atoms with Gasteiger partial charge in [-0.3, -0.25) is 4.57 Å². The van der Waals surface area contributed by atoms with Crippen LogP contribution in [0.2, 0.25) is 0 Å². The number of fused-ring (bicyclic) bond motifs is 10. The van der Waals surface area contributed by atoms with Crippen molar-refractivity contribution in [3.05, 3.63) is 242 Å². The van der Waals surface area contributed by atoms with Crippen LogP contribution in [0, 0.1) is 0 Å². The molecule has 0 atom stereocenters. The van der Waals surface area contributed by atoms with Crippen LogP contribution in [0.1, 0.15) is 56.4 Å². The van der Waals surface area contributed by atoms with Gasteiger partial charge in [0.25, 0.3) is 0 Å². The Labute approximate surface area is 427 Å². The van der Waals surface area contributed by atoms with E-state index in [2.05, 4.69) is 240 Å². The molecule has 0 saturated carbocycles. The van der Waals surface area contributed by atoms with E-state index in [1.165, 1.54) is 39.4 Å². The van der Waals surface area contributed by atoms with E-state index in [9.17, 15) is 0 Å². The largest absolute Gasteiger partial charge is 0.277 e. The number of nitrogens with zero attached hydrogens (tertiary/aromatic N) is 4. The highest BCUT2D eigenvalue weighted by Crippen LogP contribution is 2.53. The molecule has 0 amide bonds. The molecule has 2 heterocycles. The molecule has 10 aromatic carbocycles. The zero-order valence-electron chi connectivity index (χ0n) is 41.7. The van der Waals surface area contributed by atoms with Crippen LogP contribution in [0.3, 0.4) is 0 Å².